The molecular formula is C15H24N2O5S2. The van der Waals surface area contributed by atoms with E-state index in [2.05, 4.69) is 0 Å². The van der Waals surface area contributed by atoms with E-state index in [1.165, 1.54) is 29.6 Å². The Kier molecular flexibility index (Phi) is 5.14. The first-order valence-corrected chi connectivity index (χ1v) is 10.6. The normalized spacial score (nSPS) is 23.9. The summed E-state index contributed by atoms with van der Waals surface area (Å²) in [5.74, 6) is 0. The third-order valence-corrected chi connectivity index (χ3v) is 7.52. The Morgan fingerprint density at radius 2 is 1.83 bits per heavy atom. The second-order valence-electron chi connectivity index (χ2n) is 6.56. The molecule has 0 heterocycles. The van der Waals surface area contributed by atoms with Gasteiger partial charge in [-0.05, 0) is 31.5 Å². The van der Waals surface area contributed by atoms with Crippen molar-refractivity contribution in [1.29, 1.82) is 0 Å². The van der Waals surface area contributed by atoms with E-state index >= 15 is 0 Å². The van der Waals surface area contributed by atoms with E-state index in [0.29, 0.717) is 13.0 Å². The second-order valence-corrected chi connectivity index (χ2v) is 10.1. The molecule has 1 aromatic rings. The predicted molar refractivity (Wildman–Crippen MR) is 90.4 cm³/mol. The lowest BCUT2D eigenvalue weighted by Crippen LogP contribution is -2.62. The molecule has 0 spiro atoms. The van der Waals surface area contributed by atoms with Gasteiger partial charge in [0.15, 0.2) is 0 Å². The summed E-state index contributed by atoms with van der Waals surface area (Å²) in [4.78, 5) is -0.316. The highest BCUT2D eigenvalue weighted by Crippen LogP contribution is 2.46. The van der Waals surface area contributed by atoms with Gasteiger partial charge in [0.2, 0.25) is 20.0 Å². The Balaban J connectivity index is 2.32. The minimum atomic E-state index is -3.97. The molecule has 1 aliphatic rings. The minimum Gasteiger partial charge on any atom is -0.378 e. The van der Waals surface area contributed by atoms with Crippen LogP contribution in [0.2, 0.25) is 0 Å². The number of sulfonamides is 2. The average Bonchev–Trinajstić information content (AvgIpc) is 2.49. The molecule has 0 saturated heterocycles. The molecule has 2 N–H and O–H groups in total. The van der Waals surface area contributed by atoms with E-state index in [4.69, 9.17) is 9.88 Å². The van der Waals surface area contributed by atoms with Gasteiger partial charge in [-0.15, -0.1) is 0 Å². The summed E-state index contributed by atoms with van der Waals surface area (Å²) in [5.41, 5.74) is -0.324. The van der Waals surface area contributed by atoms with Gasteiger partial charge in [0, 0.05) is 25.1 Å². The van der Waals surface area contributed by atoms with Gasteiger partial charge in [-0.3, -0.25) is 0 Å². The van der Waals surface area contributed by atoms with Crippen molar-refractivity contribution in [2.75, 3.05) is 13.7 Å². The molecular weight excluding hydrogens is 352 g/mol. The van der Waals surface area contributed by atoms with Gasteiger partial charge in [0.25, 0.3) is 0 Å². The number of ether oxygens (including phenoxy) is 1. The van der Waals surface area contributed by atoms with Gasteiger partial charge >= 0.3 is 0 Å². The van der Waals surface area contributed by atoms with Crippen LogP contribution in [0.3, 0.4) is 0 Å². The van der Waals surface area contributed by atoms with Crippen LogP contribution in [-0.2, 0) is 24.8 Å². The van der Waals surface area contributed by atoms with Crippen LogP contribution in [0.1, 0.15) is 27.2 Å². The van der Waals surface area contributed by atoms with Gasteiger partial charge in [-0.1, -0.05) is 19.9 Å². The molecule has 24 heavy (non-hydrogen) atoms. The minimum absolute atomic E-state index is 0.000837. The maximum atomic E-state index is 12.8. The molecule has 0 radical (unpaired) electrons. The lowest BCUT2D eigenvalue weighted by Gasteiger charge is -2.54. The summed E-state index contributed by atoms with van der Waals surface area (Å²) in [6.07, 6.45) is 0.603. The summed E-state index contributed by atoms with van der Waals surface area (Å²) in [6.45, 7) is 6.42. The van der Waals surface area contributed by atoms with Crippen molar-refractivity contribution in [3.05, 3.63) is 24.3 Å². The molecule has 0 aliphatic heterocycles. The Morgan fingerprint density at radius 1 is 1.25 bits per heavy atom. The number of nitrogens with two attached hydrogens (primary N) is 1. The van der Waals surface area contributed by atoms with E-state index < -0.39 is 20.0 Å². The fraction of sp³-hybridized carbons (Fsp3) is 0.600. The molecule has 136 valence electrons. The lowest BCUT2D eigenvalue weighted by atomic mass is 9.64. The zero-order valence-electron chi connectivity index (χ0n) is 14.3. The number of hydrogen-bond acceptors (Lipinski definition) is 5. The summed E-state index contributed by atoms with van der Waals surface area (Å²) >= 11 is 0. The van der Waals surface area contributed by atoms with E-state index in [9.17, 15) is 16.8 Å². The van der Waals surface area contributed by atoms with Crippen LogP contribution in [-0.4, -0.2) is 46.9 Å². The topological polar surface area (TPSA) is 107 Å². The van der Waals surface area contributed by atoms with Crippen molar-refractivity contribution in [2.24, 2.45) is 10.6 Å². The number of hydrogen-bond donors (Lipinski definition) is 1. The Bertz CT molecular complexity index is 818. The second kappa shape index (κ2) is 6.38. The molecule has 9 heteroatoms. The molecule has 1 saturated carbocycles. The van der Waals surface area contributed by atoms with E-state index in [1.807, 2.05) is 20.8 Å². The summed E-state index contributed by atoms with van der Waals surface area (Å²) in [7, 11) is -6.29. The molecule has 1 aromatic carbocycles. The average molecular weight is 377 g/mol. The van der Waals surface area contributed by atoms with Crippen LogP contribution in [0, 0.1) is 5.41 Å². The lowest BCUT2D eigenvalue weighted by molar-refractivity contribution is -0.129. The van der Waals surface area contributed by atoms with Crippen LogP contribution in [0.15, 0.2) is 34.1 Å². The van der Waals surface area contributed by atoms with Crippen molar-refractivity contribution in [3.8, 4) is 0 Å². The molecule has 2 atom stereocenters. The third-order valence-electron chi connectivity index (χ3n) is 4.74. The summed E-state index contributed by atoms with van der Waals surface area (Å²) in [5, 5.41) is 5.08. The van der Waals surface area contributed by atoms with Crippen LogP contribution in [0.4, 0.5) is 0 Å². The van der Waals surface area contributed by atoms with E-state index in [0.717, 1.165) is 6.07 Å². The fourth-order valence-corrected chi connectivity index (χ4v) is 5.30. The monoisotopic (exact) mass is 376 g/mol. The van der Waals surface area contributed by atoms with Crippen LogP contribution >= 0.6 is 0 Å². The molecule has 1 aliphatic carbocycles. The smallest absolute Gasteiger partial charge is 0.243 e. The third kappa shape index (κ3) is 3.36. The molecule has 0 aromatic heterocycles. The largest absolute Gasteiger partial charge is 0.378 e. The van der Waals surface area contributed by atoms with Crippen molar-refractivity contribution in [1.82, 2.24) is 4.31 Å². The first kappa shape index (κ1) is 19.3. The van der Waals surface area contributed by atoms with E-state index in [1.54, 1.807) is 0 Å². The van der Waals surface area contributed by atoms with Gasteiger partial charge in [-0.2, -0.15) is 4.31 Å². The molecule has 2 rings (SSSR count). The first-order valence-electron chi connectivity index (χ1n) is 7.65. The predicted octanol–water partition coefficient (Wildman–Crippen LogP) is 1.16. The molecule has 0 amide bonds. The van der Waals surface area contributed by atoms with Gasteiger partial charge in [0.05, 0.1) is 15.9 Å². The van der Waals surface area contributed by atoms with Crippen molar-refractivity contribution >= 4 is 20.0 Å². The van der Waals surface area contributed by atoms with Crippen LogP contribution in [0.5, 0.6) is 0 Å². The zero-order chi connectivity index (χ0) is 18.3. The van der Waals surface area contributed by atoms with Gasteiger partial charge < -0.3 is 4.74 Å². The summed E-state index contributed by atoms with van der Waals surface area (Å²) in [6, 6.07) is 4.87. The van der Waals surface area contributed by atoms with Crippen molar-refractivity contribution < 1.29 is 21.6 Å². The Morgan fingerprint density at radius 3 is 2.33 bits per heavy atom. The van der Waals surface area contributed by atoms with Gasteiger partial charge in [0.1, 0.15) is 0 Å². The highest BCUT2D eigenvalue weighted by molar-refractivity contribution is 7.90. The zero-order valence-corrected chi connectivity index (χ0v) is 15.9. The van der Waals surface area contributed by atoms with Crippen LogP contribution in [0.25, 0.3) is 0 Å². The highest BCUT2D eigenvalue weighted by Gasteiger charge is 2.53. The Labute approximate surface area is 143 Å². The first-order chi connectivity index (χ1) is 10.9. The van der Waals surface area contributed by atoms with E-state index in [-0.39, 0.29) is 27.4 Å². The Hall–Kier alpha value is -1.00. The molecule has 2 unspecified atom stereocenters. The quantitative estimate of drug-likeness (QED) is 0.802. The SMILES string of the molecule is CCOC1CC(N(C)S(=O)(=O)c2cccc(S(N)(=O)=O)c2)C1(C)C. The van der Waals surface area contributed by atoms with Gasteiger partial charge in [-0.25, -0.2) is 22.0 Å². The maximum Gasteiger partial charge on any atom is 0.243 e. The molecule has 0 bridgehead atoms. The maximum absolute atomic E-state index is 12.8. The van der Waals surface area contributed by atoms with Crippen molar-refractivity contribution in [2.45, 2.75) is 49.1 Å². The number of nitrogens with zero attached hydrogens (tertiary/aromatic N) is 1. The van der Waals surface area contributed by atoms with Crippen LogP contribution < -0.4 is 5.14 Å². The fourth-order valence-electron chi connectivity index (χ4n) is 3.11. The standard InChI is InChI=1S/C15H24N2O5S2/c1-5-22-14-10-13(15(14,2)3)17(4)24(20,21)12-8-6-7-11(9-12)23(16,18)19/h6-9,13-14H,5,10H2,1-4H3,(H2,16,18,19). The summed E-state index contributed by atoms with van der Waals surface area (Å²) < 4.78 is 55.5. The number of primary sulfonamides is 1. The van der Waals surface area contributed by atoms with Crippen molar-refractivity contribution in [3.63, 3.8) is 0 Å². The highest BCUT2D eigenvalue weighted by atomic mass is 32.2. The molecule has 1 fully saturated rings. The number of benzene rings is 1. The molecule has 7 nitrogen and oxygen atoms in total. The number of rotatable bonds is 6.